The zero-order valence-electron chi connectivity index (χ0n) is 15.2. The maximum absolute atomic E-state index is 6.73. The van der Waals surface area contributed by atoms with Crippen molar-refractivity contribution in [2.45, 2.75) is 46.2 Å². The number of nitrogens with zero attached hydrogens (tertiary/aromatic N) is 6. The number of aryl methyl sites for hydroxylation is 1. The summed E-state index contributed by atoms with van der Waals surface area (Å²) >= 11 is 6.73. The highest BCUT2D eigenvalue weighted by molar-refractivity contribution is 6.30. The molecule has 0 saturated carbocycles. The van der Waals surface area contributed by atoms with Crippen LogP contribution in [0.1, 0.15) is 44.0 Å². The number of fused-ring (bicyclic) bond motifs is 1. The topological polar surface area (TPSA) is 102 Å². The minimum absolute atomic E-state index is 0.121. The summed E-state index contributed by atoms with van der Waals surface area (Å²) < 4.78 is 1.91. The molecular weight excluding hydrogens is 352 g/mol. The van der Waals surface area contributed by atoms with E-state index in [9.17, 15) is 0 Å². The molecule has 1 aliphatic rings. The Labute approximate surface area is 156 Å². The van der Waals surface area contributed by atoms with Gasteiger partial charge < -0.3 is 10.6 Å². The Hall–Kier alpha value is -2.35. The maximum atomic E-state index is 6.73. The van der Waals surface area contributed by atoms with Crippen LogP contribution in [0.15, 0.2) is 6.20 Å². The Balaban J connectivity index is 1.78. The molecule has 3 N–H and O–H groups in total. The molecule has 3 aromatic heterocycles. The molecule has 138 valence electrons. The lowest BCUT2D eigenvalue weighted by atomic mass is 10.1. The summed E-state index contributed by atoms with van der Waals surface area (Å²) in [6.07, 6.45) is 3.80. The summed E-state index contributed by atoms with van der Waals surface area (Å²) in [6.45, 7) is 8.03. The third-order valence-corrected chi connectivity index (χ3v) is 5.21. The van der Waals surface area contributed by atoms with Gasteiger partial charge in [-0.15, -0.1) is 0 Å². The van der Waals surface area contributed by atoms with E-state index in [0.717, 1.165) is 53.5 Å². The largest absolute Gasteiger partial charge is 0.368 e. The molecule has 4 rings (SSSR count). The van der Waals surface area contributed by atoms with Gasteiger partial charge in [0.15, 0.2) is 5.65 Å². The molecule has 0 spiro atoms. The van der Waals surface area contributed by atoms with Crippen LogP contribution in [0.2, 0.25) is 5.15 Å². The summed E-state index contributed by atoms with van der Waals surface area (Å²) in [7, 11) is 0. The summed E-state index contributed by atoms with van der Waals surface area (Å²) in [5.41, 5.74) is 8.62. The molecule has 3 aromatic rings. The van der Waals surface area contributed by atoms with E-state index in [1.165, 1.54) is 0 Å². The Morgan fingerprint density at radius 1 is 1.38 bits per heavy atom. The van der Waals surface area contributed by atoms with Crippen molar-refractivity contribution in [2.75, 3.05) is 17.2 Å². The fraction of sp³-hybridized carbons (Fsp3) is 0.529. The maximum Gasteiger partial charge on any atom is 0.224 e. The lowest BCUT2D eigenvalue weighted by Crippen LogP contribution is -2.25. The van der Waals surface area contributed by atoms with Crippen LogP contribution in [0.5, 0.6) is 0 Å². The van der Waals surface area contributed by atoms with Crippen LogP contribution in [0.4, 0.5) is 11.8 Å². The SMILES string of the molecule is Cc1nn(CC(C)C)c(Cl)c1C1CCCN1c1nc(N)nc2[nH]ncc12. The minimum Gasteiger partial charge on any atom is -0.368 e. The third kappa shape index (κ3) is 2.78. The van der Waals surface area contributed by atoms with Crippen molar-refractivity contribution >= 4 is 34.4 Å². The highest BCUT2D eigenvalue weighted by atomic mass is 35.5. The lowest BCUT2D eigenvalue weighted by Gasteiger charge is -2.26. The second kappa shape index (κ2) is 6.42. The zero-order valence-corrected chi connectivity index (χ0v) is 16.0. The molecule has 1 fully saturated rings. The smallest absolute Gasteiger partial charge is 0.224 e. The molecule has 0 radical (unpaired) electrons. The van der Waals surface area contributed by atoms with Gasteiger partial charge in [0.05, 0.1) is 23.3 Å². The first-order valence-corrected chi connectivity index (χ1v) is 9.29. The molecule has 8 nitrogen and oxygen atoms in total. The number of hydrogen-bond donors (Lipinski definition) is 2. The number of H-pyrrole nitrogens is 1. The first-order chi connectivity index (χ1) is 12.5. The molecule has 0 bridgehead atoms. The standard InChI is InChI=1S/C17H23ClN8/c1-9(2)8-26-14(18)13(10(3)24-26)12-5-4-6-25(12)16-11-7-20-23-15(11)21-17(19)22-16/h7,9,12H,4-6,8H2,1-3H3,(H3,19,20,21,22,23). The van der Waals surface area contributed by atoms with Crippen LogP contribution in [-0.2, 0) is 6.54 Å². The van der Waals surface area contributed by atoms with Crippen LogP contribution >= 0.6 is 11.6 Å². The average Bonchev–Trinajstić information content (AvgIpc) is 3.26. The van der Waals surface area contributed by atoms with Crippen LogP contribution < -0.4 is 10.6 Å². The second-order valence-electron chi connectivity index (χ2n) is 7.25. The number of anilines is 2. The van der Waals surface area contributed by atoms with Gasteiger partial charge in [0, 0.05) is 18.7 Å². The van der Waals surface area contributed by atoms with E-state index < -0.39 is 0 Å². The number of hydrogen-bond acceptors (Lipinski definition) is 6. The van der Waals surface area contributed by atoms with Crippen molar-refractivity contribution in [1.29, 1.82) is 0 Å². The van der Waals surface area contributed by atoms with Gasteiger partial charge in [0.1, 0.15) is 11.0 Å². The van der Waals surface area contributed by atoms with Gasteiger partial charge in [-0.2, -0.15) is 20.2 Å². The Kier molecular flexibility index (Phi) is 4.22. The van der Waals surface area contributed by atoms with Gasteiger partial charge in [-0.05, 0) is 25.7 Å². The first kappa shape index (κ1) is 17.1. The van der Waals surface area contributed by atoms with Crippen molar-refractivity contribution in [1.82, 2.24) is 29.9 Å². The van der Waals surface area contributed by atoms with Gasteiger partial charge in [0.2, 0.25) is 5.95 Å². The Morgan fingerprint density at radius 3 is 2.96 bits per heavy atom. The molecule has 1 aliphatic heterocycles. The predicted molar refractivity (Wildman–Crippen MR) is 102 cm³/mol. The zero-order chi connectivity index (χ0) is 18.4. The van der Waals surface area contributed by atoms with Gasteiger partial charge >= 0.3 is 0 Å². The number of aromatic nitrogens is 6. The number of rotatable bonds is 4. The normalized spacial score (nSPS) is 17.7. The van der Waals surface area contributed by atoms with Crippen LogP contribution in [0, 0.1) is 12.8 Å². The molecule has 1 atom stereocenters. The number of nitrogen functional groups attached to an aromatic ring is 1. The van der Waals surface area contributed by atoms with Crippen molar-refractivity contribution in [3.8, 4) is 0 Å². The van der Waals surface area contributed by atoms with E-state index in [0.29, 0.717) is 11.6 Å². The third-order valence-electron chi connectivity index (χ3n) is 4.81. The fourth-order valence-corrected chi connectivity index (χ4v) is 4.16. The second-order valence-corrected chi connectivity index (χ2v) is 7.61. The average molecular weight is 375 g/mol. The van der Waals surface area contributed by atoms with Gasteiger partial charge in [-0.25, -0.2) is 0 Å². The van der Waals surface area contributed by atoms with Crippen LogP contribution in [-0.4, -0.2) is 36.5 Å². The first-order valence-electron chi connectivity index (χ1n) is 8.91. The molecule has 0 amide bonds. The van der Waals surface area contributed by atoms with Crippen molar-refractivity contribution in [2.24, 2.45) is 5.92 Å². The highest BCUT2D eigenvalue weighted by Gasteiger charge is 2.33. The van der Waals surface area contributed by atoms with Crippen LogP contribution in [0.25, 0.3) is 11.0 Å². The quantitative estimate of drug-likeness (QED) is 0.727. The molecule has 0 aliphatic carbocycles. The molecular formula is C17H23ClN8. The number of nitrogens with one attached hydrogen (secondary N) is 1. The number of nitrogens with two attached hydrogens (primary N) is 1. The van der Waals surface area contributed by atoms with E-state index >= 15 is 0 Å². The van der Waals surface area contributed by atoms with Gasteiger partial charge in [-0.1, -0.05) is 25.4 Å². The fourth-order valence-electron chi connectivity index (χ4n) is 3.79. The van der Waals surface area contributed by atoms with Crippen LogP contribution in [0.3, 0.4) is 0 Å². The summed E-state index contributed by atoms with van der Waals surface area (Å²) in [5, 5.41) is 13.2. The molecule has 4 heterocycles. The van der Waals surface area contributed by atoms with E-state index in [4.69, 9.17) is 17.3 Å². The predicted octanol–water partition coefficient (Wildman–Crippen LogP) is 3.09. The lowest BCUT2D eigenvalue weighted by molar-refractivity contribution is 0.481. The van der Waals surface area contributed by atoms with Gasteiger partial charge in [-0.3, -0.25) is 9.78 Å². The Morgan fingerprint density at radius 2 is 2.19 bits per heavy atom. The molecule has 9 heteroatoms. The summed E-state index contributed by atoms with van der Waals surface area (Å²) in [4.78, 5) is 11.0. The van der Waals surface area contributed by atoms with E-state index in [1.54, 1.807) is 6.20 Å². The molecule has 1 saturated heterocycles. The van der Waals surface area contributed by atoms with Crippen molar-refractivity contribution in [3.05, 3.63) is 22.6 Å². The van der Waals surface area contributed by atoms with Crippen molar-refractivity contribution in [3.63, 3.8) is 0 Å². The number of aromatic amines is 1. The Bertz CT molecular complexity index is 944. The van der Waals surface area contributed by atoms with E-state index in [-0.39, 0.29) is 12.0 Å². The monoisotopic (exact) mass is 374 g/mol. The molecule has 1 unspecified atom stereocenters. The highest BCUT2D eigenvalue weighted by Crippen LogP contribution is 2.41. The minimum atomic E-state index is 0.121. The molecule has 0 aromatic carbocycles. The summed E-state index contributed by atoms with van der Waals surface area (Å²) in [6, 6.07) is 0.121. The van der Waals surface area contributed by atoms with E-state index in [2.05, 4.69) is 44.0 Å². The molecule has 26 heavy (non-hydrogen) atoms. The van der Waals surface area contributed by atoms with Crippen molar-refractivity contribution < 1.29 is 0 Å². The number of halogens is 1. The van der Waals surface area contributed by atoms with Gasteiger partial charge in [0.25, 0.3) is 0 Å². The summed E-state index contributed by atoms with van der Waals surface area (Å²) in [5.74, 6) is 1.52. The van der Waals surface area contributed by atoms with E-state index in [1.807, 2.05) is 11.6 Å².